The number of carbonyl (C=O) groups excluding carboxylic acids is 1. The summed E-state index contributed by atoms with van der Waals surface area (Å²) in [6.45, 7) is 6.45. The van der Waals surface area contributed by atoms with Crippen molar-refractivity contribution in [3.63, 3.8) is 0 Å². The smallest absolute Gasteiger partial charge is 0.257 e. The summed E-state index contributed by atoms with van der Waals surface area (Å²) in [5.74, 6) is 2.41. The SMILES string of the molecule is CCCNc1nc(N2CCN(c3cccc(OC)c3)CC2)ccc1C(=O)N(C)C. The molecule has 29 heavy (non-hydrogen) atoms. The first-order valence-electron chi connectivity index (χ1n) is 10.1. The predicted molar refractivity (Wildman–Crippen MR) is 118 cm³/mol. The van der Waals surface area contributed by atoms with Crippen molar-refractivity contribution in [3.05, 3.63) is 42.0 Å². The van der Waals surface area contributed by atoms with E-state index in [0.29, 0.717) is 11.4 Å². The molecule has 0 spiro atoms. The minimum absolute atomic E-state index is 0.0366. The normalized spacial score (nSPS) is 13.9. The number of aromatic nitrogens is 1. The Kier molecular flexibility index (Phi) is 6.80. The van der Waals surface area contributed by atoms with Crippen molar-refractivity contribution in [2.45, 2.75) is 13.3 Å². The molecule has 0 aliphatic carbocycles. The zero-order chi connectivity index (χ0) is 20.8. The quantitative estimate of drug-likeness (QED) is 0.775. The summed E-state index contributed by atoms with van der Waals surface area (Å²) in [5.41, 5.74) is 1.79. The molecule has 1 fully saturated rings. The van der Waals surface area contributed by atoms with E-state index in [9.17, 15) is 4.79 Å². The number of hydrogen-bond acceptors (Lipinski definition) is 6. The monoisotopic (exact) mass is 397 g/mol. The molecule has 1 aliphatic heterocycles. The highest BCUT2D eigenvalue weighted by molar-refractivity contribution is 5.98. The van der Waals surface area contributed by atoms with E-state index >= 15 is 0 Å². The molecule has 1 aliphatic rings. The number of rotatable bonds is 7. The van der Waals surface area contributed by atoms with Crippen LogP contribution in [-0.2, 0) is 0 Å². The third-order valence-corrected chi connectivity index (χ3v) is 5.08. The van der Waals surface area contributed by atoms with Crippen molar-refractivity contribution in [2.75, 3.05) is 69.0 Å². The van der Waals surface area contributed by atoms with Gasteiger partial charge in [0.2, 0.25) is 0 Å². The van der Waals surface area contributed by atoms with Crippen LogP contribution in [0.5, 0.6) is 5.75 Å². The summed E-state index contributed by atoms with van der Waals surface area (Å²) in [7, 11) is 5.22. The lowest BCUT2D eigenvalue weighted by atomic mass is 10.2. The van der Waals surface area contributed by atoms with Gasteiger partial charge in [0.15, 0.2) is 0 Å². The molecule has 0 radical (unpaired) electrons. The first-order chi connectivity index (χ1) is 14.0. The fourth-order valence-electron chi connectivity index (χ4n) is 3.42. The molecule has 0 bridgehead atoms. The Balaban J connectivity index is 1.73. The second-order valence-electron chi connectivity index (χ2n) is 7.37. The molecule has 0 atom stereocenters. The molecule has 1 N–H and O–H groups in total. The van der Waals surface area contributed by atoms with Crippen LogP contribution in [0, 0.1) is 0 Å². The van der Waals surface area contributed by atoms with Gasteiger partial charge in [-0.15, -0.1) is 0 Å². The fourth-order valence-corrected chi connectivity index (χ4v) is 3.42. The maximum absolute atomic E-state index is 12.5. The van der Waals surface area contributed by atoms with E-state index in [1.54, 1.807) is 26.1 Å². The maximum atomic E-state index is 12.5. The number of hydrogen-bond donors (Lipinski definition) is 1. The van der Waals surface area contributed by atoms with E-state index in [1.165, 1.54) is 5.69 Å². The van der Waals surface area contributed by atoms with Gasteiger partial charge in [0, 0.05) is 58.6 Å². The summed E-state index contributed by atoms with van der Waals surface area (Å²) in [6, 6.07) is 12.0. The Labute approximate surface area is 173 Å². The molecule has 7 nitrogen and oxygen atoms in total. The van der Waals surface area contributed by atoms with Gasteiger partial charge in [-0.05, 0) is 30.7 Å². The summed E-state index contributed by atoms with van der Waals surface area (Å²) < 4.78 is 5.34. The van der Waals surface area contributed by atoms with E-state index in [2.05, 4.69) is 34.2 Å². The lowest BCUT2D eigenvalue weighted by Gasteiger charge is -2.37. The first kappa shape index (κ1) is 20.8. The number of anilines is 3. The van der Waals surface area contributed by atoms with Crippen LogP contribution in [0.15, 0.2) is 36.4 Å². The Morgan fingerprint density at radius 3 is 2.52 bits per heavy atom. The molecule has 3 rings (SSSR count). The summed E-state index contributed by atoms with van der Waals surface area (Å²) in [5, 5.41) is 3.32. The zero-order valence-electron chi connectivity index (χ0n) is 17.8. The number of piperazine rings is 1. The molecule has 0 saturated carbocycles. The van der Waals surface area contributed by atoms with Crippen LogP contribution in [0.25, 0.3) is 0 Å². The highest BCUT2D eigenvalue weighted by atomic mass is 16.5. The first-order valence-corrected chi connectivity index (χ1v) is 10.1. The van der Waals surface area contributed by atoms with Crippen LogP contribution in [-0.4, -0.2) is 69.7 Å². The van der Waals surface area contributed by atoms with Gasteiger partial charge in [-0.2, -0.15) is 0 Å². The number of benzene rings is 1. The minimum atomic E-state index is -0.0366. The Morgan fingerprint density at radius 2 is 1.86 bits per heavy atom. The van der Waals surface area contributed by atoms with Crippen molar-refractivity contribution in [3.8, 4) is 5.75 Å². The van der Waals surface area contributed by atoms with Gasteiger partial charge in [0.1, 0.15) is 17.4 Å². The maximum Gasteiger partial charge on any atom is 0.257 e. The van der Waals surface area contributed by atoms with Crippen LogP contribution in [0.1, 0.15) is 23.7 Å². The molecule has 1 amide bonds. The second kappa shape index (κ2) is 9.49. The molecule has 2 aromatic rings. The van der Waals surface area contributed by atoms with E-state index in [0.717, 1.165) is 50.7 Å². The largest absolute Gasteiger partial charge is 0.497 e. The highest BCUT2D eigenvalue weighted by Crippen LogP contribution is 2.25. The average Bonchev–Trinajstić information content (AvgIpc) is 2.77. The third kappa shape index (κ3) is 4.91. The van der Waals surface area contributed by atoms with E-state index in [4.69, 9.17) is 9.72 Å². The number of nitrogens with one attached hydrogen (secondary N) is 1. The molecule has 7 heteroatoms. The minimum Gasteiger partial charge on any atom is -0.497 e. The summed E-state index contributed by atoms with van der Waals surface area (Å²) in [6.07, 6.45) is 0.973. The molecule has 0 unspecified atom stereocenters. The van der Waals surface area contributed by atoms with Gasteiger partial charge in [0.25, 0.3) is 5.91 Å². The highest BCUT2D eigenvalue weighted by Gasteiger charge is 2.21. The Bertz CT molecular complexity index is 832. The standard InChI is InChI=1S/C22H31N5O2/c1-5-11-23-21-19(22(28)25(2)3)9-10-20(24-21)27-14-12-26(13-15-27)17-7-6-8-18(16-17)29-4/h6-10,16H,5,11-15H2,1-4H3,(H,23,24). The molecule has 1 saturated heterocycles. The van der Waals surface area contributed by atoms with Crippen molar-refractivity contribution in [1.82, 2.24) is 9.88 Å². The van der Waals surface area contributed by atoms with Crippen molar-refractivity contribution in [2.24, 2.45) is 0 Å². The number of pyridine rings is 1. The van der Waals surface area contributed by atoms with Crippen LogP contribution in [0.3, 0.4) is 0 Å². The summed E-state index contributed by atoms with van der Waals surface area (Å²) in [4.78, 5) is 23.5. The fraction of sp³-hybridized carbons (Fsp3) is 0.455. The van der Waals surface area contributed by atoms with Crippen molar-refractivity contribution in [1.29, 1.82) is 0 Å². The van der Waals surface area contributed by atoms with E-state index in [-0.39, 0.29) is 5.91 Å². The number of ether oxygens (including phenoxy) is 1. The van der Waals surface area contributed by atoms with Crippen molar-refractivity contribution >= 4 is 23.2 Å². The number of amides is 1. The number of carbonyl (C=O) groups is 1. The zero-order valence-corrected chi connectivity index (χ0v) is 17.8. The predicted octanol–water partition coefficient (Wildman–Crippen LogP) is 2.94. The number of nitrogens with zero attached hydrogens (tertiary/aromatic N) is 4. The number of methoxy groups -OCH3 is 1. The summed E-state index contributed by atoms with van der Waals surface area (Å²) >= 11 is 0. The van der Waals surface area contributed by atoms with Crippen LogP contribution >= 0.6 is 0 Å². The lowest BCUT2D eigenvalue weighted by Crippen LogP contribution is -2.46. The van der Waals surface area contributed by atoms with Gasteiger partial charge in [0.05, 0.1) is 12.7 Å². The molecule has 1 aromatic heterocycles. The Morgan fingerprint density at radius 1 is 1.14 bits per heavy atom. The molecule has 156 valence electrons. The average molecular weight is 398 g/mol. The topological polar surface area (TPSA) is 60.9 Å². The van der Waals surface area contributed by atoms with Gasteiger partial charge < -0.3 is 24.8 Å². The van der Waals surface area contributed by atoms with E-state index < -0.39 is 0 Å². The molecular weight excluding hydrogens is 366 g/mol. The lowest BCUT2D eigenvalue weighted by molar-refractivity contribution is 0.0828. The van der Waals surface area contributed by atoms with Crippen LogP contribution < -0.4 is 19.9 Å². The van der Waals surface area contributed by atoms with Gasteiger partial charge in [-0.1, -0.05) is 13.0 Å². The van der Waals surface area contributed by atoms with E-state index in [1.807, 2.05) is 24.3 Å². The third-order valence-electron chi connectivity index (χ3n) is 5.08. The van der Waals surface area contributed by atoms with Gasteiger partial charge in [-0.3, -0.25) is 4.79 Å². The van der Waals surface area contributed by atoms with Gasteiger partial charge >= 0.3 is 0 Å². The Hall–Kier alpha value is -2.96. The molecule has 1 aromatic carbocycles. The molecule has 2 heterocycles. The molecular formula is C22H31N5O2. The van der Waals surface area contributed by atoms with Crippen molar-refractivity contribution < 1.29 is 9.53 Å². The van der Waals surface area contributed by atoms with Crippen LogP contribution in [0.2, 0.25) is 0 Å². The second-order valence-corrected chi connectivity index (χ2v) is 7.37. The van der Waals surface area contributed by atoms with Gasteiger partial charge in [-0.25, -0.2) is 4.98 Å². The van der Waals surface area contributed by atoms with Crippen LogP contribution in [0.4, 0.5) is 17.3 Å².